The van der Waals surface area contributed by atoms with Gasteiger partial charge in [0.15, 0.2) is 9.84 Å². The highest BCUT2D eigenvalue weighted by Crippen LogP contribution is 2.22. The number of nitriles is 1. The first-order valence-electron chi connectivity index (χ1n) is 5.11. The molecule has 6 heteroatoms. The average molecular weight is 254 g/mol. The fraction of sp³-hybridized carbons (Fsp3) is 0.364. The second-order valence-electron chi connectivity index (χ2n) is 3.45. The predicted molar refractivity (Wildman–Crippen MR) is 65.4 cm³/mol. The Hall–Kier alpha value is -1.74. The number of rotatable bonds is 5. The van der Waals surface area contributed by atoms with Gasteiger partial charge in [-0.3, -0.25) is 0 Å². The minimum absolute atomic E-state index is 0.0387. The largest absolute Gasteiger partial charge is 0.490 e. The van der Waals surface area contributed by atoms with Crippen molar-refractivity contribution in [1.29, 1.82) is 5.26 Å². The second-order valence-corrected chi connectivity index (χ2v) is 5.92. The van der Waals surface area contributed by atoms with Crippen LogP contribution < -0.4 is 10.5 Å². The molecule has 92 valence electrons. The van der Waals surface area contributed by atoms with E-state index in [9.17, 15) is 8.42 Å². The molecule has 1 rings (SSSR count). The zero-order valence-electron chi connectivity index (χ0n) is 9.51. The van der Waals surface area contributed by atoms with E-state index in [2.05, 4.69) is 0 Å². The van der Waals surface area contributed by atoms with Gasteiger partial charge < -0.3 is 10.5 Å². The summed E-state index contributed by atoms with van der Waals surface area (Å²) in [5.41, 5.74) is 6.43. The normalized spacial score (nSPS) is 10.8. The molecule has 0 amide bonds. The van der Waals surface area contributed by atoms with Crippen molar-refractivity contribution >= 4 is 15.5 Å². The molecule has 0 heterocycles. The lowest BCUT2D eigenvalue weighted by molar-refractivity contribution is 0.342. The molecule has 0 radical (unpaired) electrons. The Morgan fingerprint density at radius 1 is 1.47 bits per heavy atom. The van der Waals surface area contributed by atoms with Crippen LogP contribution in [0.2, 0.25) is 0 Å². The maximum atomic E-state index is 11.2. The summed E-state index contributed by atoms with van der Waals surface area (Å²) in [6, 6.07) is 6.57. The third-order valence-corrected chi connectivity index (χ3v) is 3.90. The Balaban J connectivity index is 2.62. The topological polar surface area (TPSA) is 93.2 Å². The second kappa shape index (κ2) is 5.55. The first kappa shape index (κ1) is 13.3. The Morgan fingerprint density at radius 2 is 2.18 bits per heavy atom. The van der Waals surface area contributed by atoms with Crippen molar-refractivity contribution in [2.24, 2.45) is 0 Å². The summed E-state index contributed by atoms with van der Waals surface area (Å²) in [4.78, 5) is 0. The van der Waals surface area contributed by atoms with E-state index in [1.165, 1.54) is 6.07 Å². The van der Waals surface area contributed by atoms with Crippen LogP contribution in [0.25, 0.3) is 0 Å². The molecule has 0 aliphatic rings. The molecule has 0 saturated heterocycles. The highest BCUT2D eigenvalue weighted by Gasteiger charge is 2.08. The van der Waals surface area contributed by atoms with Crippen LogP contribution in [0.5, 0.6) is 5.75 Å². The van der Waals surface area contributed by atoms with Crippen LogP contribution in [0.15, 0.2) is 18.2 Å². The number of benzene rings is 1. The number of ether oxygens (including phenoxy) is 1. The van der Waals surface area contributed by atoms with Gasteiger partial charge in [0, 0.05) is 5.75 Å². The van der Waals surface area contributed by atoms with Gasteiger partial charge in [-0.25, -0.2) is 8.42 Å². The van der Waals surface area contributed by atoms with Gasteiger partial charge in [0.2, 0.25) is 0 Å². The summed E-state index contributed by atoms with van der Waals surface area (Å²) in [7, 11) is -3.03. The van der Waals surface area contributed by atoms with E-state index in [1.54, 1.807) is 19.1 Å². The summed E-state index contributed by atoms with van der Waals surface area (Å²) in [5.74, 6) is 0.456. The molecule has 0 unspecified atom stereocenters. The quantitative estimate of drug-likeness (QED) is 0.790. The SMILES string of the molecule is CCS(=O)(=O)CCOc1ccc(C#N)cc1N. The van der Waals surface area contributed by atoms with Gasteiger partial charge in [0.05, 0.1) is 23.1 Å². The minimum atomic E-state index is -3.03. The maximum absolute atomic E-state index is 11.2. The van der Waals surface area contributed by atoms with Crippen molar-refractivity contribution in [2.75, 3.05) is 23.8 Å². The Labute approximate surface area is 101 Å². The Kier molecular flexibility index (Phi) is 4.35. The molecule has 0 aromatic heterocycles. The molecule has 0 aliphatic heterocycles. The molecule has 1 aromatic rings. The smallest absolute Gasteiger partial charge is 0.153 e. The first-order chi connectivity index (χ1) is 7.98. The van der Waals surface area contributed by atoms with Gasteiger partial charge in [0.25, 0.3) is 0 Å². The molecule has 0 atom stereocenters. The number of hydrogen-bond donors (Lipinski definition) is 1. The van der Waals surface area contributed by atoms with Crippen molar-refractivity contribution in [3.63, 3.8) is 0 Å². The molecular formula is C11H14N2O3S. The molecule has 1 aromatic carbocycles. The molecule has 0 saturated carbocycles. The van der Waals surface area contributed by atoms with Gasteiger partial charge in [-0.1, -0.05) is 6.92 Å². The van der Waals surface area contributed by atoms with Crippen molar-refractivity contribution in [1.82, 2.24) is 0 Å². The lowest BCUT2D eigenvalue weighted by Crippen LogP contribution is -2.16. The van der Waals surface area contributed by atoms with E-state index in [0.29, 0.717) is 17.0 Å². The fourth-order valence-corrected chi connectivity index (χ4v) is 1.80. The van der Waals surface area contributed by atoms with E-state index < -0.39 is 9.84 Å². The number of sulfone groups is 1. The molecule has 5 nitrogen and oxygen atoms in total. The van der Waals surface area contributed by atoms with E-state index in [1.807, 2.05) is 6.07 Å². The number of nitrogens with two attached hydrogens (primary N) is 1. The van der Waals surface area contributed by atoms with Gasteiger partial charge in [-0.15, -0.1) is 0 Å². The molecule has 0 fully saturated rings. The zero-order valence-corrected chi connectivity index (χ0v) is 10.3. The number of nitrogen functional groups attached to an aromatic ring is 1. The fourth-order valence-electron chi connectivity index (χ4n) is 1.17. The third-order valence-electron chi connectivity index (χ3n) is 2.23. The average Bonchev–Trinajstić information content (AvgIpc) is 2.31. The monoisotopic (exact) mass is 254 g/mol. The zero-order chi connectivity index (χ0) is 12.9. The summed E-state index contributed by atoms with van der Waals surface area (Å²) in [6.45, 7) is 1.65. The molecule has 0 aliphatic carbocycles. The molecule has 0 spiro atoms. The first-order valence-corrected chi connectivity index (χ1v) is 6.93. The predicted octanol–water partition coefficient (Wildman–Crippen LogP) is 0.954. The van der Waals surface area contributed by atoms with Gasteiger partial charge in [0.1, 0.15) is 12.4 Å². The number of anilines is 1. The molecule has 2 N–H and O–H groups in total. The Bertz CT molecular complexity index is 532. The number of hydrogen-bond acceptors (Lipinski definition) is 5. The lowest BCUT2D eigenvalue weighted by Gasteiger charge is -2.08. The number of nitrogens with zero attached hydrogens (tertiary/aromatic N) is 1. The van der Waals surface area contributed by atoms with Crippen molar-refractivity contribution in [3.05, 3.63) is 23.8 Å². The van der Waals surface area contributed by atoms with Gasteiger partial charge in [-0.2, -0.15) is 5.26 Å². The van der Waals surface area contributed by atoms with Gasteiger partial charge >= 0.3 is 0 Å². The van der Waals surface area contributed by atoms with E-state index in [4.69, 9.17) is 15.7 Å². The van der Waals surface area contributed by atoms with Crippen LogP contribution in [-0.4, -0.2) is 26.5 Å². The lowest BCUT2D eigenvalue weighted by atomic mass is 10.2. The van der Waals surface area contributed by atoms with Crippen LogP contribution in [0.3, 0.4) is 0 Å². The van der Waals surface area contributed by atoms with Crippen LogP contribution >= 0.6 is 0 Å². The van der Waals surface area contributed by atoms with Gasteiger partial charge in [-0.05, 0) is 18.2 Å². The minimum Gasteiger partial charge on any atom is -0.490 e. The van der Waals surface area contributed by atoms with Crippen LogP contribution in [0.1, 0.15) is 12.5 Å². The van der Waals surface area contributed by atoms with E-state index in [-0.39, 0.29) is 18.1 Å². The van der Waals surface area contributed by atoms with E-state index >= 15 is 0 Å². The maximum Gasteiger partial charge on any atom is 0.153 e. The Morgan fingerprint density at radius 3 is 2.71 bits per heavy atom. The van der Waals surface area contributed by atoms with Crippen molar-refractivity contribution < 1.29 is 13.2 Å². The van der Waals surface area contributed by atoms with Crippen molar-refractivity contribution in [3.8, 4) is 11.8 Å². The van der Waals surface area contributed by atoms with Crippen LogP contribution in [0.4, 0.5) is 5.69 Å². The summed E-state index contributed by atoms with van der Waals surface area (Å²) >= 11 is 0. The van der Waals surface area contributed by atoms with E-state index in [0.717, 1.165) is 0 Å². The van der Waals surface area contributed by atoms with Crippen LogP contribution in [0, 0.1) is 11.3 Å². The van der Waals surface area contributed by atoms with Crippen molar-refractivity contribution in [2.45, 2.75) is 6.92 Å². The standard InChI is InChI=1S/C11H14N2O3S/c1-2-17(14,15)6-5-16-11-4-3-9(8-12)7-10(11)13/h3-4,7H,2,5-6,13H2,1H3. The highest BCUT2D eigenvalue weighted by atomic mass is 32.2. The summed E-state index contributed by atoms with van der Waals surface area (Å²) in [5, 5.41) is 8.64. The summed E-state index contributed by atoms with van der Waals surface area (Å²) < 4.78 is 27.7. The third kappa shape index (κ3) is 3.96. The molecule has 17 heavy (non-hydrogen) atoms. The molecular weight excluding hydrogens is 240 g/mol. The van der Waals surface area contributed by atoms with Crippen LogP contribution in [-0.2, 0) is 9.84 Å². The molecule has 0 bridgehead atoms. The highest BCUT2D eigenvalue weighted by molar-refractivity contribution is 7.91. The summed E-state index contributed by atoms with van der Waals surface area (Å²) in [6.07, 6.45) is 0.